The third-order valence-electron chi connectivity index (χ3n) is 3.04. The number of amides is 1. The highest BCUT2D eigenvalue weighted by atomic mass is 32.2. The van der Waals surface area contributed by atoms with Crippen LogP contribution in [0.25, 0.3) is 6.08 Å². The zero-order valence-corrected chi connectivity index (χ0v) is 13.1. The summed E-state index contributed by atoms with van der Waals surface area (Å²) in [5, 5.41) is 19.9. The van der Waals surface area contributed by atoms with Crippen molar-refractivity contribution in [3.63, 3.8) is 0 Å². The third-order valence-corrected chi connectivity index (χ3v) is 5.16. The van der Waals surface area contributed by atoms with E-state index in [1.54, 1.807) is 11.3 Å². The first-order chi connectivity index (χ1) is 9.56. The zero-order chi connectivity index (χ0) is 14.7. The lowest BCUT2D eigenvalue weighted by Crippen LogP contribution is -2.31. The highest BCUT2D eigenvalue weighted by Gasteiger charge is 2.33. The third kappa shape index (κ3) is 3.17. The Morgan fingerprint density at radius 1 is 1.50 bits per heavy atom. The Kier molecular flexibility index (Phi) is 5.09. The van der Waals surface area contributed by atoms with Crippen LogP contribution < -0.4 is 4.90 Å². The molecule has 1 fully saturated rings. The lowest BCUT2D eigenvalue weighted by atomic mass is 10.3. The van der Waals surface area contributed by atoms with Crippen molar-refractivity contribution in [3.8, 4) is 0 Å². The molecule has 2 rings (SSSR count). The van der Waals surface area contributed by atoms with Crippen LogP contribution in [0.3, 0.4) is 0 Å². The fourth-order valence-electron chi connectivity index (χ4n) is 1.90. The van der Waals surface area contributed by atoms with E-state index in [-0.39, 0.29) is 11.8 Å². The van der Waals surface area contributed by atoms with E-state index in [9.17, 15) is 9.90 Å². The predicted octanol–water partition coefficient (Wildman–Crippen LogP) is 2.02. The van der Waals surface area contributed by atoms with E-state index < -0.39 is 6.23 Å². The van der Waals surface area contributed by atoms with Gasteiger partial charge in [-0.2, -0.15) is 0 Å². The minimum Gasteiger partial charge on any atom is -0.395 e. The average molecular weight is 314 g/mol. The van der Waals surface area contributed by atoms with Crippen LogP contribution in [0.4, 0.5) is 9.80 Å². The van der Waals surface area contributed by atoms with Crippen molar-refractivity contribution < 1.29 is 15.0 Å². The lowest BCUT2D eigenvalue weighted by molar-refractivity contribution is 0.0851. The van der Waals surface area contributed by atoms with Gasteiger partial charge in [-0.15, -0.1) is 11.3 Å². The topological polar surface area (TPSA) is 64.0 Å². The van der Waals surface area contributed by atoms with Crippen LogP contribution in [0.15, 0.2) is 17.0 Å². The molecule has 0 saturated carbocycles. The first-order valence-electron chi connectivity index (χ1n) is 6.36. The molecular formula is C13H18N2O3S2. The van der Waals surface area contributed by atoms with Gasteiger partial charge in [0.05, 0.1) is 11.6 Å². The molecule has 1 unspecified atom stereocenters. The SMILES string of the molecule is CCN1C(=O)S/C(=C\c2ccc(N(C)CCO)s2)C1O. The van der Waals surface area contributed by atoms with Crippen molar-refractivity contribution in [1.29, 1.82) is 0 Å². The Morgan fingerprint density at radius 2 is 2.25 bits per heavy atom. The summed E-state index contributed by atoms with van der Waals surface area (Å²) in [7, 11) is 1.92. The van der Waals surface area contributed by atoms with Gasteiger partial charge in [-0.3, -0.25) is 4.79 Å². The fraction of sp³-hybridized carbons (Fsp3) is 0.462. The number of thiophene rings is 1. The van der Waals surface area contributed by atoms with Gasteiger partial charge in [0.15, 0.2) is 6.23 Å². The Labute approximate surface area is 126 Å². The van der Waals surface area contributed by atoms with Gasteiger partial charge in [0.1, 0.15) is 0 Å². The van der Waals surface area contributed by atoms with E-state index in [2.05, 4.69) is 0 Å². The molecule has 2 N–H and O–H groups in total. The number of aliphatic hydroxyl groups excluding tert-OH is 2. The lowest BCUT2D eigenvalue weighted by Gasteiger charge is -2.16. The monoisotopic (exact) mass is 314 g/mol. The van der Waals surface area contributed by atoms with Crippen LogP contribution in [0, 0.1) is 0 Å². The molecule has 20 heavy (non-hydrogen) atoms. The summed E-state index contributed by atoms with van der Waals surface area (Å²) < 4.78 is 0. The first kappa shape index (κ1) is 15.4. The molecule has 1 aromatic rings. The van der Waals surface area contributed by atoms with Crippen LogP contribution in [-0.2, 0) is 0 Å². The molecular weight excluding hydrogens is 296 g/mol. The van der Waals surface area contributed by atoms with Crippen molar-refractivity contribution >= 4 is 39.4 Å². The maximum absolute atomic E-state index is 11.7. The standard InChI is InChI=1S/C13H18N2O3S2/c1-3-15-12(17)10(20-13(15)18)8-9-4-5-11(19-9)14(2)6-7-16/h4-5,8,12,16-17H,3,6-7H2,1-2H3/b10-8-. The molecule has 1 saturated heterocycles. The fourth-order valence-corrected chi connectivity index (χ4v) is 3.88. The summed E-state index contributed by atoms with van der Waals surface area (Å²) in [6, 6.07) is 3.92. The smallest absolute Gasteiger partial charge is 0.288 e. The molecule has 1 amide bonds. The highest BCUT2D eigenvalue weighted by Crippen LogP contribution is 2.36. The second kappa shape index (κ2) is 6.62. The molecule has 7 heteroatoms. The maximum atomic E-state index is 11.7. The minimum atomic E-state index is -0.835. The Morgan fingerprint density at radius 3 is 2.85 bits per heavy atom. The van der Waals surface area contributed by atoms with Gasteiger partial charge in [-0.05, 0) is 36.9 Å². The number of hydrogen-bond donors (Lipinski definition) is 2. The molecule has 1 atom stereocenters. The highest BCUT2D eigenvalue weighted by molar-refractivity contribution is 8.17. The van der Waals surface area contributed by atoms with Gasteiger partial charge in [0.2, 0.25) is 0 Å². The maximum Gasteiger partial charge on any atom is 0.288 e. The van der Waals surface area contributed by atoms with E-state index in [0.29, 0.717) is 18.0 Å². The summed E-state index contributed by atoms with van der Waals surface area (Å²) >= 11 is 2.64. The van der Waals surface area contributed by atoms with E-state index in [0.717, 1.165) is 21.6 Å². The molecule has 1 aliphatic rings. The first-order valence-corrected chi connectivity index (χ1v) is 8.00. The molecule has 2 heterocycles. The molecule has 110 valence electrons. The summed E-state index contributed by atoms with van der Waals surface area (Å²) in [5.41, 5.74) is 0. The molecule has 0 radical (unpaired) electrons. The molecule has 0 spiro atoms. The predicted molar refractivity (Wildman–Crippen MR) is 84.0 cm³/mol. The van der Waals surface area contributed by atoms with Crippen LogP contribution in [0.1, 0.15) is 11.8 Å². The Balaban J connectivity index is 2.14. The Bertz CT molecular complexity index is 515. The van der Waals surface area contributed by atoms with Crippen LogP contribution in [0.5, 0.6) is 0 Å². The number of nitrogens with zero attached hydrogens (tertiary/aromatic N) is 2. The molecule has 5 nitrogen and oxygen atoms in total. The van der Waals surface area contributed by atoms with E-state index in [1.807, 2.05) is 37.1 Å². The van der Waals surface area contributed by atoms with Gasteiger partial charge in [0.25, 0.3) is 5.24 Å². The summed E-state index contributed by atoms with van der Waals surface area (Å²) in [5.74, 6) is 0. The van der Waals surface area contributed by atoms with E-state index in [1.165, 1.54) is 4.90 Å². The zero-order valence-electron chi connectivity index (χ0n) is 11.4. The second-order valence-corrected chi connectivity index (χ2v) is 6.51. The molecule has 0 aliphatic carbocycles. The molecule has 0 bridgehead atoms. The number of thioether (sulfide) groups is 1. The summed E-state index contributed by atoms with van der Waals surface area (Å²) in [6.45, 7) is 3.03. The molecule has 0 aromatic carbocycles. The average Bonchev–Trinajstić information content (AvgIpc) is 2.97. The van der Waals surface area contributed by atoms with E-state index >= 15 is 0 Å². The number of hydrogen-bond acceptors (Lipinski definition) is 6. The van der Waals surface area contributed by atoms with Crippen LogP contribution in [-0.4, -0.2) is 53.3 Å². The van der Waals surface area contributed by atoms with Gasteiger partial charge < -0.3 is 20.0 Å². The van der Waals surface area contributed by atoms with Gasteiger partial charge >= 0.3 is 0 Å². The van der Waals surface area contributed by atoms with Crippen molar-refractivity contribution in [3.05, 3.63) is 21.9 Å². The number of likely N-dealkylation sites (N-methyl/N-ethyl adjacent to an activating group) is 2. The van der Waals surface area contributed by atoms with Crippen LogP contribution in [0.2, 0.25) is 0 Å². The second-order valence-electron chi connectivity index (χ2n) is 4.40. The number of aliphatic hydroxyl groups is 2. The molecule has 1 aliphatic heterocycles. The normalized spacial score (nSPS) is 21.0. The number of anilines is 1. The minimum absolute atomic E-state index is 0.110. The number of carbonyl (C=O) groups is 1. The Hall–Kier alpha value is -1.02. The number of carbonyl (C=O) groups excluding carboxylic acids is 1. The summed E-state index contributed by atoms with van der Waals surface area (Å²) in [4.78, 5) is 16.7. The van der Waals surface area contributed by atoms with E-state index in [4.69, 9.17) is 5.11 Å². The van der Waals surface area contributed by atoms with Crippen molar-refractivity contribution in [1.82, 2.24) is 4.90 Å². The van der Waals surface area contributed by atoms with Crippen LogP contribution >= 0.6 is 23.1 Å². The van der Waals surface area contributed by atoms with Crippen molar-refractivity contribution in [2.45, 2.75) is 13.2 Å². The quantitative estimate of drug-likeness (QED) is 0.870. The molecule has 1 aromatic heterocycles. The van der Waals surface area contributed by atoms with Gasteiger partial charge in [0, 0.05) is 29.9 Å². The van der Waals surface area contributed by atoms with Gasteiger partial charge in [-0.1, -0.05) is 0 Å². The largest absolute Gasteiger partial charge is 0.395 e. The van der Waals surface area contributed by atoms with Crippen molar-refractivity contribution in [2.24, 2.45) is 0 Å². The van der Waals surface area contributed by atoms with Gasteiger partial charge in [-0.25, -0.2) is 0 Å². The van der Waals surface area contributed by atoms with Crippen molar-refractivity contribution in [2.75, 3.05) is 31.6 Å². The number of rotatable bonds is 5. The summed E-state index contributed by atoms with van der Waals surface area (Å²) in [6.07, 6.45) is 1.02.